The van der Waals surface area contributed by atoms with Crippen LogP contribution in [0.2, 0.25) is 0 Å². The van der Waals surface area contributed by atoms with Crippen molar-refractivity contribution >= 4 is 17.4 Å². The zero-order valence-corrected chi connectivity index (χ0v) is 12.7. The lowest BCUT2D eigenvalue weighted by Gasteiger charge is -2.08. The topological polar surface area (TPSA) is 107 Å². The van der Waals surface area contributed by atoms with E-state index in [1.54, 1.807) is 18.4 Å². The van der Waals surface area contributed by atoms with Crippen molar-refractivity contribution in [3.05, 3.63) is 53.8 Å². The first-order chi connectivity index (χ1) is 11.0. The number of anilines is 2. The fourth-order valence-electron chi connectivity index (χ4n) is 2.12. The average molecular weight is 309 g/mol. The van der Waals surface area contributed by atoms with Gasteiger partial charge in [-0.25, -0.2) is 15.0 Å². The first-order valence-electron chi connectivity index (χ1n) is 6.95. The van der Waals surface area contributed by atoms with E-state index >= 15 is 0 Å². The molecule has 0 atom stereocenters. The van der Waals surface area contributed by atoms with Crippen molar-refractivity contribution < 1.29 is 9.21 Å². The predicted octanol–water partition coefficient (Wildman–Crippen LogP) is 2.58. The molecule has 116 valence electrons. The van der Waals surface area contributed by atoms with Gasteiger partial charge in [-0.2, -0.15) is 0 Å². The lowest BCUT2D eigenvalue weighted by molar-refractivity contribution is 0.102. The molecule has 23 heavy (non-hydrogen) atoms. The van der Waals surface area contributed by atoms with Gasteiger partial charge in [-0.1, -0.05) is 6.07 Å². The van der Waals surface area contributed by atoms with Crippen LogP contribution in [0, 0.1) is 13.8 Å². The van der Waals surface area contributed by atoms with Crippen LogP contribution in [-0.2, 0) is 0 Å². The second-order valence-electron chi connectivity index (χ2n) is 5.07. The number of nitrogens with two attached hydrogens (primary N) is 1. The molecule has 1 amide bonds. The second-order valence-corrected chi connectivity index (χ2v) is 5.07. The van der Waals surface area contributed by atoms with Crippen LogP contribution in [0.1, 0.15) is 21.7 Å². The highest BCUT2D eigenvalue weighted by Gasteiger charge is 2.14. The largest absolute Gasteiger partial charge is 0.444 e. The third-order valence-corrected chi connectivity index (χ3v) is 3.29. The molecule has 3 aromatic rings. The number of hydrogen-bond donors (Lipinski definition) is 2. The molecule has 2 heterocycles. The number of rotatable bonds is 3. The Hall–Kier alpha value is -3.22. The summed E-state index contributed by atoms with van der Waals surface area (Å²) >= 11 is 0. The zero-order valence-electron chi connectivity index (χ0n) is 12.7. The van der Waals surface area contributed by atoms with E-state index in [4.69, 9.17) is 10.2 Å². The van der Waals surface area contributed by atoms with Crippen molar-refractivity contribution in [2.75, 3.05) is 11.1 Å². The number of nitrogen functional groups attached to an aromatic ring is 1. The lowest BCUT2D eigenvalue weighted by atomic mass is 10.1. The van der Waals surface area contributed by atoms with Crippen molar-refractivity contribution in [1.82, 2.24) is 15.0 Å². The van der Waals surface area contributed by atoms with Gasteiger partial charge in [0.05, 0.1) is 5.69 Å². The fraction of sp³-hybridized carbons (Fsp3) is 0.125. The van der Waals surface area contributed by atoms with E-state index in [0.717, 1.165) is 16.8 Å². The third-order valence-electron chi connectivity index (χ3n) is 3.29. The highest BCUT2D eigenvalue weighted by atomic mass is 16.3. The maximum absolute atomic E-state index is 12.2. The van der Waals surface area contributed by atoms with Gasteiger partial charge in [0.25, 0.3) is 5.91 Å². The summed E-state index contributed by atoms with van der Waals surface area (Å²) in [6.07, 6.45) is 4.43. The predicted molar refractivity (Wildman–Crippen MR) is 85.8 cm³/mol. The van der Waals surface area contributed by atoms with Crippen LogP contribution in [-0.4, -0.2) is 20.9 Å². The van der Waals surface area contributed by atoms with Gasteiger partial charge in [-0.05, 0) is 31.5 Å². The van der Waals surface area contributed by atoms with Gasteiger partial charge in [0, 0.05) is 23.6 Å². The maximum atomic E-state index is 12.2. The average Bonchev–Trinajstić information content (AvgIpc) is 2.96. The molecule has 0 radical (unpaired) electrons. The van der Waals surface area contributed by atoms with Crippen LogP contribution in [0.3, 0.4) is 0 Å². The Morgan fingerprint density at radius 2 is 2.00 bits per heavy atom. The van der Waals surface area contributed by atoms with E-state index in [-0.39, 0.29) is 11.5 Å². The number of aryl methyl sites for hydroxylation is 2. The summed E-state index contributed by atoms with van der Waals surface area (Å²) in [4.78, 5) is 24.4. The van der Waals surface area contributed by atoms with Crippen LogP contribution >= 0.6 is 0 Å². The number of oxazole rings is 1. The lowest BCUT2D eigenvalue weighted by Crippen LogP contribution is -2.16. The number of nitrogens with zero attached hydrogens (tertiary/aromatic N) is 3. The van der Waals surface area contributed by atoms with Gasteiger partial charge in [-0.15, -0.1) is 0 Å². The Kier molecular flexibility index (Phi) is 3.76. The molecule has 0 saturated heterocycles. The number of amides is 1. The summed E-state index contributed by atoms with van der Waals surface area (Å²) in [6, 6.07) is 5.47. The van der Waals surface area contributed by atoms with Crippen LogP contribution in [0.25, 0.3) is 11.5 Å². The van der Waals surface area contributed by atoms with Gasteiger partial charge in [0.15, 0.2) is 11.5 Å². The molecule has 0 fully saturated rings. The van der Waals surface area contributed by atoms with Crippen LogP contribution in [0.4, 0.5) is 11.5 Å². The SMILES string of the molecule is Cc1coc(-c2cc(NC(=O)c3nccnc3N)ccc2C)n1. The monoisotopic (exact) mass is 309 g/mol. The highest BCUT2D eigenvalue weighted by Crippen LogP contribution is 2.26. The number of benzene rings is 1. The van der Waals surface area contributed by atoms with E-state index in [9.17, 15) is 4.79 Å². The molecule has 1 aromatic carbocycles. The molecule has 0 bridgehead atoms. The second kappa shape index (κ2) is 5.88. The van der Waals surface area contributed by atoms with Crippen LogP contribution in [0.15, 0.2) is 41.3 Å². The number of carbonyl (C=O) groups excluding carboxylic acids is 1. The first kappa shape index (κ1) is 14.7. The van der Waals surface area contributed by atoms with Crippen LogP contribution in [0.5, 0.6) is 0 Å². The van der Waals surface area contributed by atoms with Crippen molar-refractivity contribution in [1.29, 1.82) is 0 Å². The molecule has 0 saturated carbocycles. The highest BCUT2D eigenvalue weighted by molar-refractivity contribution is 6.05. The van der Waals surface area contributed by atoms with E-state index in [2.05, 4.69) is 20.3 Å². The molecule has 0 aliphatic rings. The molecule has 0 aliphatic heterocycles. The Labute approximate surface area is 132 Å². The smallest absolute Gasteiger partial charge is 0.278 e. The van der Waals surface area contributed by atoms with Crippen LogP contribution < -0.4 is 11.1 Å². The standard InChI is InChI=1S/C16H15N5O2/c1-9-3-4-11(7-12(9)16-20-10(2)8-23-16)21-15(22)13-14(17)19-6-5-18-13/h3-8H,1-2H3,(H2,17,19)(H,21,22). The Morgan fingerprint density at radius 1 is 1.22 bits per heavy atom. The summed E-state index contributed by atoms with van der Waals surface area (Å²) in [5, 5.41) is 2.75. The van der Waals surface area contributed by atoms with E-state index in [1.165, 1.54) is 12.4 Å². The van der Waals surface area contributed by atoms with Gasteiger partial charge in [-0.3, -0.25) is 4.79 Å². The minimum atomic E-state index is -0.422. The maximum Gasteiger partial charge on any atom is 0.278 e. The summed E-state index contributed by atoms with van der Waals surface area (Å²) in [5.41, 5.74) is 8.93. The van der Waals surface area contributed by atoms with Gasteiger partial charge >= 0.3 is 0 Å². The third kappa shape index (κ3) is 3.03. The molecule has 3 N–H and O–H groups in total. The molecule has 3 rings (SSSR count). The van der Waals surface area contributed by atoms with Crippen molar-refractivity contribution in [3.8, 4) is 11.5 Å². The molecular weight excluding hydrogens is 294 g/mol. The number of aromatic nitrogens is 3. The van der Waals surface area contributed by atoms with Crippen molar-refractivity contribution in [2.24, 2.45) is 0 Å². The van der Waals surface area contributed by atoms with E-state index in [1.807, 2.05) is 19.9 Å². The van der Waals surface area contributed by atoms with Crippen molar-refractivity contribution in [3.63, 3.8) is 0 Å². The minimum absolute atomic E-state index is 0.0839. The normalized spacial score (nSPS) is 10.5. The molecule has 2 aromatic heterocycles. The summed E-state index contributed by atoms with van der Waals surface area (Å²) < 4.78 is 5.43. The number of nitrogens with one attached hydrogen (secondary N) is 1. The summed E-state index contributed by atoms with van der Waals surface area (Å²) in [7, 11) is 0. The molecule has 7 heteroatoms. The molecule has 0 unspecified atom stereocenters. The number of hydrogen-bond acceptors (Lipinski definition) is 6. The minimum Gasteiger partial charge on any atom is -0.444 e. The van der Waals surface area contributed by atoms with Gasteiger partial charge < -0.3 is 15.5 Å². The summed E-state index contributed by atoms with van der Waals surface area (Å²) in [5.74, 6) is 0.171. The fourth-order valence-corrected chi connectivity index (χ4v) is 2.12. The van der Waals surface area contributed by atoms with E-state index in [0.29, 0.717) is 11.6 Å². The Bertz CT molecular complexity index is 872. The van der Waals surface area contributed by atoms with Gasteiger partial charge in [0.2, 0.25) is 5.89 Å². The first-order valence-corrected chi connectivity index (χ1v) is 6.95. The molecule has 0 spiro atoms. The van der Waals surface area contributed by atoms with E-state index < -0.39 is 5.91 Å². The molecular formula is C16H15N5O2. The summed E-state index contributed by atoms with van der Waals surface area (Å²) in [6.45, 7) is 3.80. The van der Waals surface area contributed by atoms with Crippen molar-refractivity contribution in [2.45, 2.75) is 13.8 Å². The Balaban J connectivity index is 1.90. The Morgan fingerprint density at radius 3 is 2.70 bits per heavy atom. The number of carbonyl (C=O) groups is 1. The zero-order chi connectivity index (χ0) is 16.4. The quantitative estimate of drug-likeness (QED) is 0.770. The van der Waals surface area contributed by atoms with Gasteiger partial charge in [0.1, 0.15) is 6.26 Å². The molecule has 7 nitrogen and oxygen atoms in total. The molecule has 0 aliphatic carbocycles.